The van der Waals surface area contributed by atoms with Gasteiger partial charge in [0.15, 0.2) is 5.82 Å². The van der Waals surface area contributed by atoms with Crippen LogP contribution in [0.25, 0.3) is 34.2 Å². The highest BCUT2D eigenvalue weighted by Crippen LogP contribution is 2.33. The van der Waals surface area contributed by atoms with Crippen molar-refractivity contribution in [1.29, 1.82) is 0 Å². The van der Waals surface area contributed by atoms with Crippen LogP contribution in [0.15, 0.2) is 91.0 Å². The number of hydrogen-bond acceptors (Lipinski definition) is 3. The molecule has 1 aromatic heterocycles. The second-order valence-electron chi connectivity index (χ2n) is 9.20. The van der Waals surface area contributed by atoms with E-state index in [0.29, 0.717) is 24.4 Å². The summed E-state index contributed by atoms with van der Waals surface area (Å²) in [6.07, 6.45) is 5.36. The molecule has 0 saturated heterocycles. The summed E-state index contributed by atoms with van der Waals surface area (Å²) in [6, 6.07) is 28.8. The van der Waals surface area contributed by atoms with E-state index < -0.39 is 0 Å². The molecule has 0 fully saturated rings. The Morgan fingerprint density at radius 2 is 1.65 bits per heavy atom. The number of aryl methyl sites for hydroxylation is 2. The Morgan fingerprint density at radius 1 is 0.838 bits per heavy atom. The highest BCUT2D eigenvalue weighted by Gasteiger charge is 2.22. The Balaban J connectivity index is 1.34. The molecular formula is C32H24FN3O. The smallest absolute Gasteiger partial charge is 0.230 e. The lowest BCUT2D eigenvalue weighted by Crippen LogP contribution is -2.19. The third kappa shape index (κ3) is 4.89. The number of fused-ring (bicyclic) bond motifs is 4. The van der Waals surface area contributed by atoms with Crippen LogP contribution in [0.4, 0.5) is 10.2 Å². The zero-order valence-corrected chi connectivity index (χ0v) is 20.1. The average Bonchev–Trinajstić information content (AvgIpc) is 2.92. The van der Waals surface area contributed by atoms with Gasteiger partial charge < -0.3 is 5.32 Å². The van der Waals surface area contributed by atoms with Crippen molar-refractivity contribution in [3.8, 4) is 11.3 Å². The van der Waals surface area contributed by atoms with Crippen LogP contribution in [-0.4, -0.2) is 15.9 Å². The van der Waals surface area contributed by atoms with E-state index in [1.54, 1.807) is 12.1 Å². The molecule has 0 aliphatic heterocycles. The molecule has 6 rings (SSSR count). The van der Waals surface area contributed by atoms with E-state index in [2.05, 4.69) is 11.4 Å². The van der Waals surface area contributed by atoms with Crippen LogP contribution in [0, 0.1) is 5.82 Å². The van der Waals surface area contributed by atoms with Gasteiger partial charge in [0.1, 0.15) is 11.5 Å². The van der Waals surface area contributed by atoms with Gasteiger partial charge in [0, 0.05) is 5.56 Å². The van der Waals surface area contributed by atoms with E-state index in [4.69, 9.17) is 9.97 Å². The van der Waals surface area contributed by atoms with Crippen molar-refractivity contribution in [1.82, 2.24) is 9.97 Å². The van der Waals surface area contributed by atoms with E-state index in [9.17, 15) is 9.18 Å². The third-order valence-corrected chi connectivity index (χ3v) is 6.62. The summed E-state index contributed by atoms with van der Waals surface area (Å²) in [5.74, 6) is 0.0244. The van der Waals surface area contributed by atoms with Crippen LogP contribution in [-0.2, 0) is 24.1 Å². The number of aromatic nitrogens is 2. The summed E-state index contributed by atoms with van der Waals surface area (Å²) < 4.78 is 13.8. The first-order valence-electron chi connectivity index (χ1n) is 12.3. The highest BCUT2D eigenvalue weighted by atomic mass is 19.1. The maximum atomic E-state index is 13.8. The second-order valence-corrected chi connectivity index (χ2v) is 9.20. The fraction of sp³-hybridized carbons (Fsp3) is 0.0938. The summed E-state index contributed by atoms with van der Waals surface area (Å²) in [4.78, 5) is 22.9. The minimum Gasteiger partial charge on any atom is -0.309 e. The maximum Gasteiger partial charge on any atom is 0.230 e. The van der Waals surface area contributed by atoms with Crippen LogP contribution >= 0.6 is 0 Å². The summed E-state index contributed by atoms with van der Waals surface area (Å²) >= 11 is 0. The number of carbonyl (C=O) groups excluding carboxylic acids is 1. The van der Waals surface area contributed by atoms with Gasteiger partial charge in [-0.2, -0.15) is 0 Å². The number of amides is 1. The summed E-state index contributed by atoms with van der Waals surface area (Å²) in [5, 5.41) is 5.24. The Hall–Kier alpha value is -4.64. The van der Waals surface area contributed by atoms with Crippen molar-refractivity contribution in [3.63, 3.8) is 0 Å². The summed E-state index contributed by atoms with van der Waals surface area (Å²) in [7, 11) is 0. The molecule has 4 aromatic carbocycles. The molecule has 0 unspecified atom stereocenters. The maximum absolute atomic E-state index is 13.8. The van der Waals surface area contributed by atoms with Gasteiger partial charge in [-0.15, -0.1) is 0 Å². The Kier molecular flexibility index (Phi) is 6.03. The predicted octanol–water partition coefficient (Wildman–Crippen LogP) is 6.89. The SMILES string of the molecule is O=C(Cc1ccc2ccccc2c1)Nc1nc2c(nc1/C=C/c1ccccc1)-c1ccc(F)cc1CC2. The number of halogens is 1. The van der Waals surface area contributed by atoms with E-state index in [0.717, 1.165) is 44.4 Å². The van der Waals surface area contributed by atoms with Crippen molar-refractivity contribution in [2.45, 2.75) is 19.3 Å². The van der Waals surface area contributed by atoms with Gasteiger partial charge in [-0.3, -0.25) is 4.79 Å². The first kappa shape index (κ1) is 22.8. The molecular weight excluding hydrogens is 461 g/mol. The van der Waals surface area contributed by atoms with E-state index in [1.165, 1.54) is 6.07 Å². The van der Waals surface area contributed by atoms with Crippen LogP contribution in [0.2, 0.25) is 0 Å². The first-order valence-corrected chi connectivity index (χ1v) is 12.3. The van der Waals surface area contributed by atoms with Crippen LogP contribution in [0.3, 0.4) is 0 Å². The largest absolute Gasteiger partial charge is 0.309 e. The number of nitrogens with one attached hydrogen (secondary N) is 1. The monoisotopic (exact) mass is 485 g/mol. The Labute approximate surface area is 214 Å². The molecule has 1 amide bonds. The Morgan fingerprint density at radius 3 is 2.51 bits per heavy atom. The molecule has 0 bridgehead atoms. The van der Waals surface area contributed by atoms with E-state index in [1.807, 2.05) is 78.9 Å². The lowest BCUT2D eigenvalue weighted by molar-refractivity contribution is -0.115. The molecule has 0 saturated carbocycles. The third-order valence-electron chi connectivity index (χ3n) is 6.62. The molecule has 180 valence electrons. The molecule has 1 aliphatic rings. The standard InChI is InChI=1S/C32H24FN3O/c33-26-14-15-27-25(20-26)13-17-28-31(27)34-29(16-11-21-6-2-1-3-7-21)32(35-28)36-30(37)19-22-10-12-23-8-4-5-9-24(23)18-22/h1-12,14-16,18,20H,13,17,19H2,(H,35,36,37)/b16-11+. The van der Waals surface area contributed by atoms with Gasteiger partial charge in [-0.25, -0.2) is 14.4 Å². The molecule has 0 atom stereocenters. The molecule has 37 heavy (non-hydrogen) atoms. The Bertz CT molecular complexity index is 1660. The topological polar surface area (TPSA) is 54.9 Å². The zero-order valence-electron chi connectivity index (χ0n) is 20.1. The number of nitrogens with zero attached hydrogens (tertiary/aromatic N) is 2. The molecule has 5 aromatic rings. The molecule has 1 heterocycles. The highest BCUT2D eigenvalue weighted by molar-refractivity contribution is 5.94. The van der Waals surface area contributed by atoms with E-state index >= 15 is 0 Å². The minimum atomic E-state index is -0.253. The van der Waals surface area contributed by atoms with Gasteiger partial charge >= 0.3 is 0 Å². The lowest BCUT2D eigenvalue weighted by atomic mass is 9.91. The zero-order chi connectivity index (χ0) is 25.2. The van der Waals surface area contributed by atoms with Crippen molar-refractivity contribution < 1.29 is 9.18 Å². The van der Waals surface area contributed by atoms with Crippen LogP contribution in [0.5, 0.6) is 0 Å². The predicted molar refractivity (Wildman–Crippen MR) is 146 cm³/mol. The number of rotatable bonds is 5. The van der Waals surface area contributed by atoms with Crippen molar-refractivity contribution in [3.05, 3.63) is 125 Å². The molecule has 1 N–H and O–H groups in total. The average molecular weight is 486 g/mol. The van der Waals surface area contributed by atoms with Gasteiger partial charge in [-0.1, -0.05) is 78.9 Å². The lowest BCUT2D eigenvalue weighted by Gasteiger charge is -2.20. The molecule has 0 spiro atoms. The normalized spacial score (nSPS) is 12.4. The molecule has 0 radical (unpaired) electrons. The van der Waals surface area contributed by atoms with Crippen LogP contribution < -0.4 is 5.32 Å². The van der Waals surface area contributed by atoms with Gasteiger partial charge in [0.05, 0.1) is 17.8 Å². The fourth-order valence-corrected chi connectivity index (χ4v) is 4.78. The summed E-state index contributed by atoms with van der Waals surface area (Å²) in [5.41, 5.74) is 5.86. The number of carbonyl (C=O) groups is 1. The molecule has 1 aliphatic carbocycles. The van der Waals surface area contributed by atoms with E-state index in [-0.39, 0.29) is 18.1 Å². The van der Waals surface area contributed by atoms with Crippen molar-refractivity contribution >= 4 is 34.6 Å². The summed E-state index contributed by atoms with van der Waals surface area (Å²) in [6.45, 7) is 0. The van der Waals surface area contributed by atoms with Gasteiger partial charge in [0.2, 0.25) is 5.91 Å². The first-order chi connectivity index (χ1) is 18.1. The number of benzene rings is 4. The fourth-order valence-electron chi connectivity index (χ4n) is 4.78. The molecule has 4 nitrogen and oxygen atoms in total. The van der Waals surface area contributed by atoms with Crippen molar-refractivity contribution in [2.75, 3.05) is 5.32 Å². The second kappa shape index (κ2) is 9.78. The van der Waals surface area contributed by atoms with Crippen molar-refractivity contribution in [2.24, 2.45) is 0 Å². The quantitative estimate of drug-likeness (QED) is 0.295. The van der Waals surface area contributed by atoms with Gasteiger partial charge in [0.25, 0.3) is 0 Å². The number of hydrogen-bond donors (Lipinski definition) is 1. The number of anilines is 1. The molecule has 5 heteroatoms. The van der Waals surface area contributed by atoms with Gasteiger partial charge in [-0.05, 0) is 64.6 Å². The van der Waals surface area contributed by atoms with Crippen LogP contribution in [0.1, 0.15) is 28.1 Å². The minimum absolute atomic E-state index is 0.155.